The zero-order chi connectivity index (χ0) is 15.4. The van der Waals surface area contributed by atoms with Crippen LogP contribution in [0, 0.1) is 6.42 Å². The molecule has 21 heavy (non-hydrogen) atoms. The Morgan fingerprint density at radius 3 is 1.81 bits per heavy atom. The minimum absolute atomic E-state index is 0.162. The van der Waals surface area contributed by atoms with Crippen molar-refractivity contribution in [2.24, 2.45) is 0 Å². The summed E-state index contributed by atoms with van der Waals surface area (Å²) in [6.45, 7) is 13.9. The maximum atomic E-state index is 2.43. The van der Waals surface area contributed by atoms with Gasteiger partial charge in [0.05, 0.1) is 0 Å². The second kappa shape index (κ2) is 4.47. The van der Waals surface area contributed by atoms with Gasteiger partial charge in [-0.3, -0.25) is 0 Å². The van der Waals surface area contributed by atoms with E-state index in [0.29, 0.717) is 0 Å². The van der Waals surface area contributed by atoms with Gasteiger partial charge in [0.25, 0.3) is 0 Å². The standard InChI is InChI=1S/C21H25/c1-20(2,3)18-12-15-11-14-9-7-8-10-16(14)17(15)13-19(18)21(4,5)6/h7-13H,1-6H3. The van der Waals surface area contributed by atoms with Gasteiger partial charge in [-0.25, -0.2) is 0 Å². The summed E-state index contributed by atoms with van der Waals surface area (Å²) in [4.78, 5) is 0. The van der Waals surface area contributed by atoms with Crippen LogP contribution in [0.5, 0.6) is 0 Å². The van der Waals surface area contributed by atoms with Crippen molar-refractivity contribution < 1.29 is 0 Å². The molecule has 1 radical (unpaired) electrons. The van der Waals surface area contributed by atoms with Crippen LogP contribution in [0.3, 0.4) is 0 Å². The van der Waals surface area contributed by atoms with E-state index in [-0.39, 0.29) is 10.8 Å². The first-order valence-corrected chi connectivity index (χ1v) is 7.81. The monoisotopic (exact) mass is 277 g/mol. The van der Waals surface area contributed by atoms with E-state index in [4.69, 9.17) is 0 Å². The fraction of sp³-hybridized carbons (Fsp3) is 0.381. The fourth-order valence-electron chi connectivity index (χ4n) is 3.25. The normalized spacial score (nSPS) is 14.0. The molecule has 2 aromatic rings. The van der Waals surface area contributed by atoms with Crippen molar-refractivity contribution in [1.82, 2.24) is 0 Å². The van der Waals surface area contributed by atoms with Gasteiger partial charge in [-0.2, -0.15) is 0 Å². The van der Waals surface area contributed by atoms with E-state index in [1.54, 1.807) is 0 Å². The summed E-state index contributed by atoms with van der Waals surface area (Å²) in [7, 11) is 0. The average molecular weight is 277 g/mol. The number of hydrogen-bond acceptors (Lipinski definition) is 0. The van der Waals surface area contributed by atoms with Gasteiger partial charge in [0.2, 0.25) is 0 Å². The third-order valence-corrected chi connectivity index (χ3v) is 4.37. The number of fused-ring (bicyclic) bond motifs is 3. The van der Waals surface area contributed by atoms with Crippen LogP contribution in [0.15, 0.2) is 36.4 Å². The Kier molecular flexibility index (Phi) is 3.06. The van der Waals surface area contributed by atoms with Gasteiger partial charge in [0.15, 0.2) is 0 Å². The lowest BCUT2D eigenvalue weighted by Crippen LogP contribution is -2.22. The van der Waals surface area contributed by atoms with Gasteiger partial charge in [0, 0.05) is 6.42 Å². The Hall–Kier alpha value is -1.56. The maximum absolute atomic E-state index is 2.43. The Morgan fingerprint density at radius 2 is 1.19 bits per heavy atom. The summed E-state index contributed by atoms with van der Waals surface area (Å²) in [5.74, 6) is 0. The van der Waals surface area contributed by atoms with Crippen LogP contribution in [-0.2, 0) is 10.8 Å². The molecule has 1 aliphatic rings. The molecule has 0 aliphatic heterocycles. The van der Waals surface area contributed by atoms with Crippen LogP contribution in [0.25, 0.3) is 11.1 Å². The number of hydrogen-bond donors (Lipinski definition) is 0. The third kappa shape index (κ3) is 2.41. The first kappa shape index (κ1) is 14.4. The Bertz CT molecular complexity index is 691. The fourth-order valence-corrected chi connectivity index (χ4v) is 3.25. The smallest absolute Gasteiger partial charge is 0.0212 e. The van der Waals surface area contributed by atoms with Gasteiger partial charge in [-0.05, 0) is 44.2 Å². The topological polar surface area (TPSA) is 0 Å². The van der Waals surface area contributed by atoms with Crippen LogP contribution in [0.4, 0.5) is 0 Å². The Labute approximate surface area is 129 Å². The van der Waals surface area contributed by atoms with E-state index in [1.807, 2.05) is 0 Å². The van der Waals surface area contributed by atoms with E-state index < -0.39 is 0 Å². The first-order valence-electron chi connectivity index (χ1n) is 7.81. The predicted molar refractivity (Wildman–Crippen MR) is 91.8 cm³/mol. The molecule has 0 saturated carbocycles. The molecule has 0 N–H and O–H groups in total. The molecule has 0 heterocycles. The second-order valence-electron chi connectivity index (χ2n) is 8.22. The molecule has 2 aromatic carbocycles. The lowest BCUT2D eigenvalue weighted by molar-refractivity contribution is 0.530. The molecule has 0 heteroatoms. The lowest BCUT2D eigenvalue weighted by Gasteiger charge is -2.31. The number of rotatable bonds is 0. The van der Waals surface area contributed by atoms with Crippen molar-refractivity contribution in [3.63, 3.8) is 0 Å². The number of benzene rings is 2. The minimum Gasteiger partial charge on any atom is -0.0619 e. The zero-order valence-electron chi connectivity index (χ0n) is 14.0. The maximum Gasteiger partial charge on any atom is 0.0212 e. The summed E-state index contributed by atoms with van der Waals surface area (Å²) in [5.41, 5.74) is 8.75. The van der Waals surface area contributed by atoms with Gasteiger partial charge in [0.1, 0.15) is 0 Å². The summed E-state index contributed by atoms with van der Waals surface area (Å²) >= 11 is 0. The molecule has 0 spiro atoms. The molecule has 3 rings (SSSR count). The van der Waals surface area contributed by atoms with Crippen LogP contribution >= 0.6 is 0 Å². The van der Waals surface area contributed by atoms with Crippen LogP contribution in [-0.4, -0.2) is 0 Å². The van der Waals surface area contributed by atoms with Gasteiger partial charge < -0.3 is 0 Å². The van der Waals surface area contributed by atoms with Crippen molar-refractivity contribution in [2.45, 2.75) is 52.4 Å². The van der Waals surface area contributed by atoms with Crippen LogP contribution in [0.1, 0.15) is 63.8 Å². The minimum atomic E-state index is 0.162. The average Bonchev–Trinajstić information content (AvgIpc) is 2.73. The molecule has 0 atom stereocenters. The van der Waals surface area contributed by atoms with Crippen LogP contribution in [0.2, 0.25) is 0 Å². The quantitative estimate of drug-likeness (QED) is 0.482. The SMILES string of the molecule is CC(C)(C)c1cc2c(cc1C(C)(C)C)-c1ccccc1[CH]2. The zero-order valence-corrected chi connectivity index (χ0v) is 14.0. The molecule has 0 bridgehead atoms. The van der Waals surface area contributed by atoms with E-state index >= 15 is 0 Å². The van der Waals surface area contributed by atoms with Crippen molar-refractivity contribution in [3.05, 3.63) is 65.1 Å². The highest BCUT2D eigenvalue weighted by Gasteiger charge is 2.29. The van der Waals surface area contributed by atoms with E-state index in [2.05, 4.69) is 84.4 Å². The highest BCUT2D eigenvalue weighted by molar-refractivity contribution is 5.82. The highest BCUT2D eigenvalue weighted by Crippen LogP contribution is 2.44. The molecule has 0 fully saturated rings. The predicted octanol–water partition coefficient (Wildman–Crippen LogP) is 5.86. The van der Waals surface area contributed by atoms with Gasteiger partial charge in [-0.15, -0.1) is 0 Å². The molecule has 0 aromatic heterocycles. The van der Waals surface area contributed by atoms with Crippen molar-refractivity contribution in [1.29, 1.82) is 0 Å². The van der Waals surface area contributed by atoms with Gasteiger partial charge >= 0.3 is 0 Å². The van der Waals surface area contributed by atoms with E-state index in [1.165, 1.54) is 33.4 Å². The Balaban J connectivity index is 2.27. The summed E-state index contributed by atoms with van der Waals surface area (Å²) < 4.78 is 0. The molecule has 109 valence electrons. The summed E-state index contributed by atoms with van der Waals surface area (Å²) in [5, 5.41) is 0. The first-order chi connectivity index (χ1) is 9.68. The molecular formula is C21H25. The van der Waals surface area contributed by atoms with Crippen molar-refractivity contribution in [2.75, 3.05) is 0 Å². The molecule has 1 aliphatic carbocycles. The molecule has 0 nitrogen and oxygen atoms in total. The molecular weight excluding hydrogens is 252 g/mol. The molecule has 0 saturated heterocycles. The van der Waals surface area contributed by atoms with Gasteiger partial charge in [-0.1, -0.05) is 77.9 Å². The van der Waals surface area contributed by atoms with Crippen LogP contribution < -0.4 is 0 Å². The largest absolute Gasteiger partial charge is 0.0619 e. The third-order valence-electron chi connectivity index (χ3n) is 4.37. The lowest BCUT2D eigenvalue weighted by atomic mass is 9.74. The highest BCUT2D eigenvalue weighted by atomic mass is 14.3. The van der Waals surface area contributed by atoms with Crippen molar-refractivity contribution >= 4 is 0 Å². The molecule has 0 amide bonds. The summed E-state index contributed by atoms with van der Waals surface area (Å²) in [6, 6.07) is 13.5. The second-order valence-corrected chi connectivity index (χ2v) is 8.22. The van der Waals surface area contributed by atoms with E-state index in [9.17, 15) is 0 Å². The van der Waals surface area contributed by atoms with Crippen molar-refractivity contribution in [3.8, 4) is 11.1 Å². The Morgan fingerprint density at radius 1 is 0.619 bits per heavy atom. The van der Waals surface area contributed by atoms with E-state index in [0.717, 1.165) is 0 Å². The summed E-state index contributed by atoms with van der Waals surface area (Å²) in [6.07, 6.45) is 2.33. The molecule has 0 unspecified atom stereocenters.